The van der Waals surface area contributed by atoms with Crippen molar-refractivity contribution in [3.63, 3.8) is 0 Å². The van der Waals surface area contributed by atoms with Crippen LogP contribution in [0.3, 0.4) is 0 Å². The highest BCUT2D eigenvalue weighted by molar-refractivity contribution is 5.92. The normalized spacial score (nSPS) is 16.3. The number of aryl methyl sites for hydroxylation is 1. The average molecular weight is 404 g/mol. The third-order valence-corrected chi connectivity index (χ3v) is 5.06. The van der Waals surface area contributed by atoms with Gasteiger partial charge in [0.05, 0.1) is 4.92 Å². The summed E-state index contributed by atoms with van der Waals surface area (Å²) < 4.78 is 5.48. The number of rotatable bonds is 5. The summed E-state index contributed by atoms with van der Waals surface area (Å²) >= 11 is 0. The Balaban J connectivity index is 1.48. The van der Waals surface area contributed by atoms with E-state index in [1.54, 1.807) is 23.1 Å². The first kappa shape index (κ1) is 19.5. The molecule has 0 radical (unpaired) electrons. The Morgan fingerprint density at radius 1 is 1.27 bits per heavy atom. The average Bonchev–Trinajstić information content (AvgIpc) is 3.41. The molecule has 0 bridgehead atoms. The van der Waals surface area contributed by atoms with Gasteiger partial charge in [0, 0.05) is 30.3 Å². The van der Waals surface area contributed by atoms with Crippen LogP contribution in [0.5, 0.6) is 0 Å². The molecule has 1 aliphatic heterocycles. The van der Waals surface area contributed by atoms with Crippen molar-refractivity contribution in [3.05, 3.63) is 81.7 Å². The van der Waals surface area contributed by atoms with Crippen LogP contribution in [0.2, 0.25) is 0 Å². The highest BCUT2D eigenvalue weighted by Gasteiger charge is 2.33. The SMILES string of the molecule is Cc1cccc(-c2noc([C@H]3CCCN3C(=O)/C=C/c3ccc([N+](=O)[O-])cc3)n2)c1. The first-order valence-corrected chi connectivity index (χ1v) is 9.65. The van der Waals surface area contributed by atoms with Crippen molar-refractivity contribution in [1.29, 1.82) is 0 Å². The number of non-ortho nitro benzene ring substituents is 1. The molecule has 0 unspecified atom stereocenters. The fraction of sp³-hybridized carbons (Fsp3) is 0.227. The van der Waals surface area contributed by atoms with E-state index in [0.29, 0.717) is 23.8 Å². The number of benzene rings is 2. The van der Waals surface area contributed by atoms with E-state index >= 15 is 0 Å². The van der Waals surface area contributed by atoms with Crippen LogP contribution in [0.15, 0.2) is 59.1 Å². The summed E-state index contributed by atoms with van der Waals surface area (Å²) in [7, 11) is 0. The molecule has 0 saturated carbocycles. The molecule has 0 N–H and O–H groups in total. The smallest absolute Gasteiger partial charge is 0.269 e. The number of nitro groups is 1. The van der Waals surface area contributed by atoms with Crippen molar-refractivity contribution < 1.29 is 14.2 Å². The minimum absolute atomic E-state index is 0.0129. The fourth-order valence-corrected chi connectivity index (χ4v) is 3.53. The Morgan fingerprint density at radius 3 is 2.80 bits per heavy atom. The molecule has 8 heteroatoms. The van der Waals surface area contributed by atoms with E-state index in [9.17, 15) is 14.9 Å². The van der Waals surface area contributed by atoms with Crippen LogP contribution in [-0.4, -0.2) is 32.4 Å². The number of hydrogen-bond donors (Lipinski definition) is 0. The summed E-state index contributed by atoms with van der Waals surface area (Å²) in [6.07, 6.45) is 4.72. The van der Waals surface area contributed by atoms with Gasteiger partial charge in [-0.15, -0.1) is 0 Å². The van der Waals surface area contributed by atoms with Crippen molar-refractivity contribution in [3.8, 4) is 11.4 Å². The van der Waals surface area contributed by atoms with E-state index < -0.39 is 4.92 Å². The largest absolute Gasteiger partial charge is 0.337 e. The summed E-state index contributed by atoms with van der Waals surface area (Å²) in [4.78, 5) is 29.3. The van der Waals surface area contributed by atoms with Gasteiger partial charge in [0.15, 0.2) is 0 Å². The van der Waals surface area contributed by atoms with E-state index in [-0.39, 0.29) is 17.6 Å². The van der Waals surface area contributed by atoms with Crippen LogP contribution in [0.4, 0.5) is 5.69 Å². The number of nitro benzene ring substituents is 1. The second-order valence-corrected chi connectivity index (χ2v) is 7.20. The van der Waals surface area contributed by atoms with Gasteiger partial charge < -0.3 is 9.42 Å². The predicted molar refractivity (Wildman–Crippen MR) is 110 cm³/mol. The molecule has 152 valence electrons. The molecular formula is C22H20N4O4. The molecule has 1 aliphatic rings. The highest BCUT2D eigenvalue weighted by atomic mass is 16.6. The first-order valence-electron chi connectivity index (χ1n) is 9.65. The molecule has 1 saturated heterocycles. The third kappa shape index (κ3) is 4.12. The number of likely N-dealkylation sites (tertiary alicyclic amines) is 1. The van der Waals surface area contributed by atoms with Crippen LogP contribution < -0.4 is 0 Å². The van der Waals surface area contributed by atoms with Crippen molar-refractivity contribution in [2.75, 3.05) is 6.54 Å². The molecule has 0 spiro atoms. The van der Waals surface area contributed by atoms with Crippen molar-refractivity contribution in [2.24, 2.45) is 0 Å². The van der Waals surface area contributed by atoms with Crippen LogP contribution >= 0.6 is 0 Å². The number of amides is 1. The Bertz CT molecular complexity index is 1100. The number of carbonyl (C=O) groups is 1. The number of hydrogen-bond acceptors (Lipinski definition) is 6. The second kappa shape index (κ2) is 8.28. The molecule has 2 aromatic carbocycles. The van der Waals surface area contributed by atoms with Gasteiger partial charge in [-0.2, -0.15) is 4.98 Å². The Kier molecular flexibility index (Phi) is 5.38. The molecule has 1 amide bonds. The standard InChI is InChI=1S/C22H20N4O4/c1-15-4-2-5-17(14-15)21-23-22(30-24-21)19-6-3-13-25(19)20(27)12-9-16-7-10-18(11-8-16)26(28)29/h2,4-5,7-12,14,19H,3,6,13H2,1H3/b12-9+/t19-/m1/s1. The zero-order valence-electron chi connectivity index (χ0n) is 16.4. The molecule has 4 rings (SSSR count). The maximum atomic E-state index is 12.7. The molecule has 8 nitrogen and oxygen atoms in total. The van der Waals surface area contributed by atoms with Gasteiger partial charge in [0.25, 0.3) is 5.69 Å². The molecule has 2 heterocycles. The Labute approximate surface area is 173 Å². The van der Waals surface area contributed by atoms with Crippen LogP contribution in [-0.2, 0) is 4.79 Å². The Morgan fingerprint density at radius 2 is 2.07 bits per heavy atom. The Hall–Kier alpha value is -3.81. The monoisotopic (exact) mass is 404 g/mol. The summed E-state index contributed by atoms with van der Waals surface area (Å²) in [6, 6.07) is 13.6. The van der Waals surface area contributed by atoms with E-state index in [1.165, 1.54) is 18.2 Å². The lowest BCUT2D eigenvalue weighted by Gasteiger charge is -2.20. The lowest BCUT2D eigenvalue weighted by atomic mass is 10.1. The number of nitrogens with zero attached hydrogens (tertiary/aromatic N) is 4. The quantitative estimate of drug-likeness (QED) is 0.356. The van der Waals surface area contributed by atoms with Gasteiger partial charge >= 0.3 is 0 Å². The lowest BCUT2D eigenvalue weighted by molar-refractivity contribution is -0.384. The maximum Gasteiger partial charge on any atom is 0.269 e. The highest BCUT2D eigenvalue weighted by Crippen LogP contribution is 2.32. The van der Waals surface area contributed by atoms with Crippen molar-refractivity contribution in [2.45, 2.75) is 25.8 Å². The topological polar surface area (TPSA) is 102 Å². The van der Waals surface area contributed by atoms with Crippen LogP contribution in [0.25, 0.3) is 17.5 Å². The van der Waals surface area contributed by atoms with Crippen LogP contribution in [0.1, 0.15) is 35.9 Å². The van der Waals surface area contributed by atoms with Crippen molar-refractivity contribution in [1.82, 2.24) is 15.0 Å². The first-order chi connectivity index (χ1) is 14.5. The number of aromatic nitrogens is 2. The summed E-state index contributed by atoms with van der Waals surface area (Å²) in [5.41, 5.74) is 2.70. The second-order valence-electron chi connectivity index (χ2n) is 7.20. The van der Waals surface area contributed by atoms with Gasteiger partial charge in [-0.1, -0.05) is 28.9 Å². The van der Waals surface area contributed by atoms with Gasteiger partial charge in [0.1, 0.15) is 6.04 Å². The van der Waals surface area contributed by atoms with E-state index in [2.05, 4.69) is 10.1 Å². The van der Waals surface area contributed by atoms with Gasteiger partial charge in [-0.3, -0.25) is 14.9 Å². The number of carbonyl (C=O) groups excluding carboxylic acids is 1. The zero-order chi connectivity index (χ0) is 21.1. The van der Waals surface area contributed by atoms with Gasteiger partial charge in [-0.25, -0.2) is 0 Å². The summed E-state index contributed by atoms with van der Waals surface area (Å²) in [5, 5.41) is 14.8. The fourth-order valence-electron chi connectivity index (χ4n) is 3.53. The molecule has 0 aliphatic carbocycles. The molecular weight excluding hydrogens is 384 g/mol. The minimum Gasteiger partial charge on any atom is -0.337 e. The van der Waals surface area contributed by atoms with Crippen molar-refractivity contribution >= 4 is 17.7 Å². The predicted octanol–water partition coefficient (Wildman–Crippen LogP) is 4.33. The molecule has 1 aromatic heterocycles. The molecule has 3 aromatic rings. The molecule has 1 atom stereocenters. The lowest BCUT2D eigenvalue weighted by Crippen LogP contribution is -2.29. The van der Waals surface area contributed by atoms with E-state index in [0.717, 1.165) is 24.0 Å². The van der Waals surface area contributed by atoms with Gasteiger partial charge in [0.2, 0.25) is 17.6 Å². The van der Waals surface area contributed by atoms with E-state index in [1.807, 2.05) is 31.2 Å². The maximum absolute atomic E-state index is 12.7. The summed E-state index contributed by atoms with van der Waals surface area (Å²) in [5.74, 6) is 0.779. The minimum atomic E-state index is -0.455. The molecule has 1 fully saturated rings. The van der Waals surface area contributed by atoms with Gasteiger partial charge in [-0.05, 0) is 49.6 Å². The molecule has 30 heavy (non-hydrogen) atoms. The zero-order valence-corrected chi connectivity index (χ0v) is 16.4. The van der Waals surface area contributed by atoms with E-state index in [4.69, 9.17) is 4.52 Å². The summed E-state index contributed by atoms with van der Waals surface area (Å²) in [6.45, 7) is 2.61. The third-order valence-electron chi connectivity index (χ3n) is 5.06. The van der Waals surface area contributed by atoms with Crippen LogP contribution in [0, 0.1) is 17.0 Å².